The lowest BCUT2D eigenvalue weighted by Gasteiger charge is -2.23. The Morgan fingerprint density at radius 3 is 2.75 bits per heavy atom. The van der Waals surface area contributed by atoms with Crippen LogP contribution in [0.2, 0.25) is 0 Å². The molecule has 5 heteroatoms. The van der Waals surface area contributed by atoms with E-state index in [1.807, 2.05) is 35.7 Å². The number of hydrogen-bond donors (Lipinski definition) is 1. The van der Waals surface area contributed by atoms with Gasteiger partial charge >= 0.3 is 0 Å². The van der Waals surface area contributed by atoms with Crippen LogP contribution in [-0.4, -0.2) is 28.0 Å². The van der Waals surface area contributed by atoms with Crippen LogP contribution >= 0.6 is 11.3 Å². The Morgan fingerprint density at radius 1 is 1.29 bits per heavy atom. The van der Waals surface area contributed by atoms with Gasteiger partial charge in [0.15, 0.2) is 0 Å². The monoisotopic (exact) mass is 341 g/mol. The van der Waals surface area contributed by atoms with E-state index >= 15 is 0 Å². The molecular formula is C19H23N3OS. The lowest BCUT2D eigenvalue weighted by Crippen LogP contribution is -2.30. The van der Waals surface area contributed by atoms with Gasteiger partial charge in [0.05, 0.1) is 11.9 Å². The van der Waals surface area contributed by atoms with Gasteiger partial charge in [-0.15, -0.1) is 11.3 Å². The third kappa shape index (κ3) is 3.42. The summed E-state index contributed by atoms with van der Waals surface area (Å²) in [6.07, 6.45) is 2.29. The molecule has 0 saturated heterocycles. The normalized spacial score (nSPS) is 12.8. The molecule has 2 aromatic heterocycles. The molecule has 1 N–H and O–H groups in total. The van der Waals surface area contributed by atoms with Crippen molar-refractivity contribution in [2.75, 3.05) is 7.05 Å². The van der Waals surface area contributed by atoms with Crippen molar-refractivity contribution >= 4 is 21.6 Å². The van der Waals surface area contributed by atoms with Crippen LogP contribution in [0.5, 0.6) is 0 Å². The Balaban J connectivity index is 1.94. The van der Waals surface area contributed by atoms with Crippen molar-refractivity contribution in [3.05, 3.63) is 51.9 Å². The number of hydrogen-bond acceptors (Lipinski definition) is 4. The van der Waals surface area contributed by atoms with Crippen LogP contribution in [0.1, 0.15) is 32.5 Å². The van der Waals surface area contributed by atoms with E-state index in [-0.39, 0.29) is 5.56 Å². The fourth-order valence-corrected chi connectivity index (χ4v) is 3.90. The fraction of sp³-hybridized carbons (Fsp3) is 0.368. The summed E-state index contributed by atoms with van der Waals surface area (Å²) in [6.45, 7) is 5.05. The van der Waals surface area contributed by atoms with Crippen LogP contribution in [0.15, 0.2) is 40.5 Å². The number of fused-ring (bicyclic) bond motifs is 1. The predicted molar refractivity (Wildman–Crippen MR) is 102 cm³/mol. The first kappa shape index (κ1) is 16.9. The molecule has 2 heterocycles. The van der Waals surface area contributed by atoms with Gasteiger partial charge in [-0.25, -0.2) is 4.98 Å². The predicted octanol–water partition coefficient (Wildman–Crippen LogP) is 4.27. The largest absolute Gasteiger partial charge is 0.309 e. The second-order valence-electron chi connectivity index (χ2n) is 6.26. The zero-order valence-electron chi connectivity index (χ0n) is 14.4. The molecule has 0 saturated carbocycles. The van der Waals surface area contributed by atoms with E-state index in [2.05, 4.69) is 35.8 Å². The average molecular weight is 341 g/mol. The molecule has 0 bridgehead atoms. The third-order valence-corrected chi connectivity index (χ3v) is 5.31. The second-order valence-corrected chi connectivity index (χ2v) is 7.12. The zero-order chi connectivity index (χ0) is 17.1. The van der Waals surface area contributed by atoms with Gasteiger partial charge in [0.1, 0.15) is 10.7 Å². The highest BCUT2D eigenvalue weighted by Crippen LogP contribution is 2.30. The molecule has 0 amide bonds. The topological polar surface area (TPSA) is 49.0 Å². The summed E-state index contributed by atoms with van der Waals surface area (Å²) in [5, 5.41) is 2.72. The van der Waals surface area contributed by atoms with Crippen LogP contribution in [0, 0.1) is 0 Å². The molecule has 0 radical (unpaired) electrons. The average Bonchev–Trinajstić information content (AvgIpc) is 3.00. The summed E-state index contributed by atoms with van der Waals surface area (Å²) in [6, 6.07) is 10.5. The molecule has 3 aromatic rings. The van der Waals surface area contributed by atoms with Gasteiger partial charge in [0.2, 0.25) is 0 Å². The van der Waals surface area contributed by atoms with Gasteiger partial charge in [-0.1, -0.05) is 43.7 Å². The smallest absolute Gasteiger partial charge is 0.260 e. The van der Waals surface area contributed by atoms with E-state index in [9.17, 15) is 4.79 Å². The number of aromatic amines is 1. The van der Waals surface area contributed by atoms with Crippen molar-refractivity contribution in [3.63, 3.8) is 0 Å². The van der Waals surface area contributed by atoms with Crippen molar-refractivity contribution in [1.82, 2.24) is 14.9 Å². The van der Waals surface area contributed by atoms with Gasteiger partial charge in [-0.3, -0.25) is 9.69 Å². The number of H-pyrrole nitrogens is 1. The Hall–Kier alpha value is -1.98. The first-order chi connectivity index (χ1) is 11.6. The number of thiophene rings is 1. The molecule has 1 unspecified atom stereocenters. The summed E-state index contributed by atoms with van der Waals surface area (Å²) >= 11 is 1.53. The molecule has 1 atom stereocenters. The Bertz CT molecular complexity index is 869. The Labute approximate surface area is 146 Å². The highest BCUT2D eigenvalue weighted by atomic mass is 32.1. The molecule has 4 nitrogen and oxygen atoms in total. The Morgan fingerprint density at radius 2 is 2.04 bits per heavy atom. The summed E-state index contributed by atoms with van der Waals surface area (Å²) in [5.41, 5.74) is 1.97. The fourth-order valence-electron chi connectivity index (χ4n) is 2.93. The first-order valence-corrected chi connectivity index (χ1v) is 9.24. The van der Waals surface area contributed by atoms with E-state index in [0.29, 0.717) is 18.0 Å². The lowest BCUT2D eigenvalue weighted by atomic mass is 10.1. The minimum atomic E-state index is -0.0494. The number of nitrogens with one attached hydrogen (secondary N) is 1. The van der Waals surface area contributed by atoms with E-state index in [1.54, 1.807) is 0 Å². The molecule has 24 heavy (non-hydrogen) atoms. The molecule has 1 aromatic carbocycles. The number of benzene rings is 1. The highest BCUT2D eigenvalue weighted by molar-refractivity contribution is 7.17. The molecular weight excluding hydrogens is 318 g/mol. The molecule has 0 aliphatic rings. The van der Waals surface area contributed by atoms with Gasteiger partial charge in [0.25, 0.3) is 5.56 Å². The number of aromatic nitrogens is 2. The maximum Gasteiger partial charge on any atom is 0.260 e. The van der Waals surface area contributed by atoms with Gasteiger partial charge in [-0.2, -0.15) is 0 Å². The van der Waals surface area contributed by atoms with Crippen LogP contribution < -0.4 is 5.56 Å². The quantitative estimate of drug-likeness (QED) is 0.728. The molecule has 126 valence electrons. The summed E-state index contributed by atoms with van der Waals surface area (Å²) in [7, 11) is 2.08. The van der Waals surface area contributed by atoms with Crippen LogP contribution in [0.4, 0.5) is 0 Å². The van der Waals surface area contributed by atoms with E-state index < -0.39 is 0 Å². The van der Waals surface area contributed by atoms with Crippen molar-refractivity contribution in [3.8, 4) is 11.1 Å². The van der Waals surface area contributed by atoms with Crippen LogP contribution in [0.3, 0.4) is 0 Å². The standard InChI is InChI=1S/C19H23N3OS/c1-4-8-13(2)22(3)11-16-20-18(23)17-15(12-24-19(17)21-16)14-9-6-5-7-10-14/h5-7,9-10,12-13H,4,8,11H2,1-3H3,(H,20,21,23). The first-order valence-electron chi connectivity index (χ1n) is 8.36. The highest BCUT2D eigenvalue weighted by Gasteiger charge is 2.15. The van der Waals surface area contributed by atoms with Gasteiger partial charge in [0, 0.05) is 17.0 Å². The Kier molecular flexibility index (Phi) is 5.11. The summed E-state index contributed by atoms with van der Waals surface area (Å²) < 4.78 is 0. The van der Waals surface area contributed by atoms with Crippen molar-refractivity contribution in [2.45, 2.75) is 39.3 Å². The third-order valence-electron chi connectivity index (χ3n) is 4.44. The van der Waals surface area contributed by atoms with Crippen LogP contribution in [-0.2, 0) is 6.54 Å². The SMILES string of the molecule is CCCC(C)N(C)Cc1nc2scc(-c3ccccc3)c2c(=O)[nH]1. The summed E-state index contributed by atoms with van der Waals surface area (Å²) in [4.78, 5) is 23.3. The van der Waals surface area contributed by atoms with Crippen molar-refractivity contribution < 1.29 is 0 Å². The van der Waals surface area contributed by atoms with Crippen molar-refractivity contribution in [1.29, 1.82) is 0 Å². The van der Waals surface area contributed by atoms with Gasteiger partial charge in [-0.05, 0) is 26.0 Å². The maximum atomic E-state index is 12.6. The number of nitrogens with zero attached hydrogens (tertiary/aromatic N) is 2. The minimum absolute atomic E-state index is 0.0494. The maximum absolute atomic E-state index is 12.6. The molecule has 0 fully saturated rings. The van der Waals surface area contributed by atoms with Crippen molar-refractivity contribution in [2.24, 2.45) is 0 Å². The molecule has 3 rings (SSSR count). The lowest BCUT2D eigenvalue weighted by molar-refractivity contribution is 0.231. The van der Waals surface area contributed by atoms with E-state index in [1.165, 1.54) is 11.3 Å². The summed E-state index contributed by atoms with van der Waals surface area (Å²) in [5.74, 6) is 0.736. The zero-order valence-corrected chi connectivity index (χ0v) is 15.2. The molecule has 0 spiro atoms. The van der Waals surface area contributed by atoms with E-state index in [4.69, 9.17) is 0 Å². The minimum Gasteiger partial charge on any atom is -0.309 e. The molecule has 0 aliphatic carbocycles. The van der Waals surface area contributed by atoms with Gasteiger partial charge < -0.3 is 4.98 Å². The van der Waals surface area contributed by atoms with Crippen LogP contribution in [0.25, 0.3) is 21.3 Å². The molecule has 0 aliphatic heterocycles. The van der Waals surface area contributed by atoms with E-state index in [0.717, 1.165) is 34.6 Å². The second kappa shape index (κ2) is 7.28. The number of rotatable bonds is 6.